The Kier molecular flexibility index (Phi) is 5.42. The molecule has 0 atom stereocenters. The average molecular weight is 459 g/mol. The molecule has 0 aromatic heterocycles. The Morgan fingerprint density at radius 2 is 1.50 bits per heavy atom. The lowest BCUT2D eigenvalue weighted by atomic mass is 9.48. The summed E-state index contributed by atoms with van der Waals surface area (Å²) in [5, 5.41) is 0. The summed E-state index contributed by atoms with van der Waals surface area (Å²) in [4.78, 5) is 11.3. The van der Waals surface area contributed by atoms with Crippen molar-refractivity contribution in [2.45, 2.75) is 56.7 Å². The van der Waals surface area contributed by atoms with Crippen LogP contribution in [0.3, 0.4) is 0 Å². The molecule has 0 radical (unpaired) electrons. The largest absolute Gasteiger partial charge is 0.496 e. The molecule has 1 saturated heterocycles. The van der Waals surface area contributed by atoms with Gasteiger partial charge in [0.05, 0.1) is 25.9 Å². The fourth-order valence-corrected chi connectivity index (χ4v) is 7.68. The lowest BCUT2D eigenvalue weighted by molar-refractivity contribution is -0.131. The number of benzene rings is 2. The first kappa shape index (κ1) is 22.1. The van der Waals surface area contributed by atoms with Crippen molar-refractivity contribution in [3.8, 4) is 5.75 Å². The van der Waals surface area contributed by atoms with E-state index in [-0.39, 0.29) is 11.2 Å². The highest BCUT2D eigenvalue weighted by atomic mass is 16.7. The predicted molar refractivity (Wildman–Crippen MR) is 132 cm³/mol. The van der Waals surface area contributed by atoms with Gasteiger partial charge in [0.1, 0.15) is 5.75 Å². The van der Waals surface area contributed by atoms with Gasteiger partial charge in [0.15, 0.2) is 5.78 Å². The number of hydrogen-bond acceptors (Lipinski definition) is 4. The van der Waals surface area contributed by atoms with E-state index < -0.39 is 5.79 Å². The van der Waals surface area contributed by atoms with E-state index in [1.165, 1.54) is 44.1 Å². The Hall–Kier alpha value is -2.43. The van der Waals surface area contributed by atoms with Crippen LogP contribution >= 0.6 is 0 Å². The summed E-state index contributed by atoms with van der Waals surface area (Å²) < 4.78 is 18.6. The van der Waals surface area contributed by atoms with Gasteiger partial charge in [0, 0.05) is 5.56 Å². The first-order valence-electron chi connectivity index (χ1n) is 12.8. The third-order valence-electron chi connectivity index (χ3n) is 8.70. The molecule has 7 rings (SSSR count). The number of hydrogen-bond donors (Lipinski definition) is 0. The van der Waals surface area contributed by atoms with E-state index in [0.717, 1.165) is 40.2 Å². The topological polar surface area (TPSA) is 44.8 Å². The van der Waals surface area contributed by atoms with Gasteiger partial charge in [-0.05, 0) is 98.0 Å². The highest BCUT2D eigenvalue weighted by Gasteiger charge is 2.52. The molecule has 0 amide bonds. The van der Waals surface area contributed by atoms with E-state index in [2.05, 4.69) is 18.2 Å². The molecule has 5 aliphatic rings. The van der Waals surface area contributed by atoms with Crippen LogP contribution in [0, 0.1) is 17.8 Å². The first-order valence-corrected chi connectivity index (χ1v) is 12.8. The van der Waals surface area contributed by atoms with Gasteiger partial charge in [0.25, 0.3) is 0 Å². The summed E-state index contributed by atoms with van der Waals surface area (Å²) in [6.07, 6.45) is 11.7. The highest BCUT2D eigenvalue weighted by molar-refractivity contribution is 5.91. The van der Waals surface area contributed by atoms with Gasteiger partial charge in [-0.2, -0.15) is 0 Å². The summed E-state index contributed by atoms with van der Waals surface area (Å²) in [7, 11) is 1.72. The van der Waals surface area contributed by atoms with E-state index in [4.69, 9.17) is 14.2 Å². The minimum absolute atomic E-state index is 0.0363. The average Bonchev–Trinajstić information content (AvgIpc) is 3.33. The van der Waals surface area contributed by atoms with Gasteiger partial charge in [-0.1, -0.05) is 36.4 Å². The molecule has 1 aliphatic heterocycles. The van der Waals surface area contributed by atoms with Crippen LogP contribution in [0.4, 0.5) is 0 Å². The highest BCUT2D eigenvalue weighted by Crippen LogP contribution is 2.61. The number of rotatable bonds is 6. The maximum Gasteiger partial charge on any atom is 0.226 e. The monoisotopic (exact) mass is 458 g/mol. The zero-order valence-corrected chi connectivity index (χ0v) is 20.2. The zero-order chi connectivity index (χ0) is 23.3. The van der Waals surface area contributed by atoms with Crippen molar-refractivity contribution in [2.75, 3.05) is 20.3 Å². The fraction of sp³-hybridized carbons (Fsp3) is 0.500. The number of allylic oxidation sites excluding steroid dienone is 1. The molecule has 4 nitrogen and oxygen atoms in total. The van der Waals surface area contributed by atoms with Gasteiger partial charge < -0.3 is 14.2 Å². The molecule has 0 unspecified atom stereocenters. The number of ether oxygens (including phenoxy) is 3. The Morgan fingerprint density at radius 3 is 2.06 bits per heavy atom. The maximum atomic E-state index is 11.3. The fourth-order valence-electron chi connectivity index (χ4n) is 7.68. The molecule has 4 saturated carbocycles. The Balaban J connectivity index is 1.41. The molecule has 2 aromatic rings. The quantitative estimate of drug-likeness (QED) is 0.497. The maximum absolute atomic E-state index is 11.3. The van der Waals surface area contributed by atoms with Crippen LogP contribution in [0.5, 0.6) is 5.75 Å². The second-order valence-electron chi connectivity index (χ2n) is 11.0. The van der Waals surface area contributed by atoms with Crippen molar-refractivity contribution in [3.05, 3.63) is 70.8 Å². The van der Waals surface area contributed by atoms with E-state index >= 15 is 0 Å². The van der Waals surface area contributed by atoms with Crippen LogP contribution in [0.25, 0.3) is 6.08 Å². The Bertz CT molecular complexity index is 1070. The molecule has 4 heteroatoms. The van der Waals surface area contributed by atoms with Crippen molar-refractivity contribution in [1.82, 2.24) is 0 Å². The van der Waals surface area contributed by atoms with Crippen molar-refractivity contribution in [3.63, 3.8) is 0 Å². The van der Waals surface area contributed by atoms with E-state index in [0.29, 0.717) is 13.2 Å². The number of ketones is 1. The van der Waals surface area contributed by atoms with E-state index in [1.807, 2.05) is 30.3 Å². The van der Waals surface area contributed by atoms with Gasteiger partial charge in [-0.3, -0.25) is 4.79 Å². The van der Waals surface area contributed by atoms with E-state index in [9.17, 15) is 4.79 Å². The molecule has 2 aromatic carbocycles. The minimum Gasteiger partial charge on any atom is -0.496 e. The second-order valence-corrected chi connectivity index (χ2v) is 11.0. The number of carbonyl (C=O) groups is 1. The van der Waals surface area contributed by atoms with Crippen LogP contribution < -0.4 is 4.74 Å². The van der Waals surface area contributed by atoms with Crippen LogP contribution in [-0.2, 0) is 25.5 Å². The third kappa shape index (κ3) is 3.63. The third-order valence-corrected chi connectivity index (χ3v) is 8.70. The molecule has 4 aliphatic carbocycles. The number of carbonyl (C=O) groups excluding carboxylic acids is 1. The van der Waals surface area contributed by atoms with Crippen molar-refractivity contribution >= 4 is 11.9 Å². The first-order chi connectivity index (χ1) is 16.5. The summed E-state index contributed by atoms with van der Waals surface area (Å²) in [6, 6.07) is 14.9. The predicted octanol–water partition coefficient (Wildman–Crippen LogP) is 6.01. The standard InChI is InChI=1S/C30H34O4/c1-20(31)3-4-21-5-7-25(8-6-21)30(33-11-12-34-30)27-16-26(9-10-28(27)32-2)29-17-22-13-23(18-29)15-24(14-22)19-29/h3-10,16,22-24H,11-15,17-19H2,1-2H3/b4-3+. The van der Waals surface area contributed by atoms with Crippen molar-refractivity contribution in [1.29, 1.82) is 0 Å². The number of methoxy groups -OCH3 is 1. The van der Waals surface area contributed by atoms with Crippen LogP contribution in [0.2, 0.25) is 0 Å². The van der Waals surface area contributed by atoms with Crippen LogP contribution in [0.15, 0.2) is 48.5 Å². The smallest absolute Gasteiger partial charge is 0.226 e. The van der Waals surface area contributed by atoms with Crippen molar-refractivity contribution in [2.24, 2.45) is 17.8 Å². The minimum atomic E-state index is -0.980. The van der Waals surface area contributed by atoms with Crippen LogP contribution in [0.1, 0.15) is 67.7 Å². The van der Waals surface area contributed by atoms with Gasteiger partial charge in [0.2, 0.25) is 5.79 Å². The lowest BCUT2D eigenvalue weighted by Gasteiger charge is -2.57. The summed E-state index contributed by atoms with van der Waals surface area (Å²) in [6.45, 7) is 2.64. The molecular weight excluding hydrogens is 424 g/mol. The second kappa shape index (κ2) is 8.35. The molecule has 0 spiro atoms. The summed E-state index contributed by atoms with van der Waals surface area (Å²) >= 11 is 0. The van der Waals surface area contributed by atoms with Crippen molar-refractivity contribution < 1.29 is 19.0 Å². The van der Waals surface area contributed by atoms with E-state index in [1.54, 1.807) is 20.1 Å². The molecule has 34 heavy (non-hydrogen) atoms. The SMILES string of the molecule is COc1ccc(C23CC4CC(CC(C4)C2)C3)cc1C1(c2ccc(/C=C/C(C)=O)cc2)OCCO1. The lowest BCUT2D eigenvalue weighted by Crippen LogP contribution is -2.48. The molecule has 5 fully saturated rings. The van der Waals surface area contributed by atoms with Gasteiger partial charge >= 0.3 is 0 Å². The normalized spacial score (nSPS) is 31.3. The molecular formula is C30H34O4. The molecule has 1 heterocycles. The van der Waals surface area contributed by atoms with Crippen LogP contribution in [-0.4, -0.2) is 26.1 Å². The zero-order valence-electron chi connectivity index (χ0n) is 20.2. The Morgan fingerprint density at radius 1 is 0.912 bits per heavy atom. The van der Waals surface area contributed by atoms with Gasteiger partial charge in [-0.15, -0.1) is 0 Å². The summed E-state index contributed by atoms with van der Waals surface area (Å²) in [5.74, 6) is 2.53. The Labute approximate surface area is 202 Å². The molecule has 178 valence electrons. The summed E-state index contributed by atoms with van der Waals surface area (Å²) in [5.41, 5.74) is 4.61. The van der Waals surface area contributed by atoms with Gasteiger partial charge in [-0.25, -0.2) is 0 Å². The molecule has 0 N–H and O–H groups in total. The molecule has 4 bridgehead atoms.